The standard InChI is InChI=1S/C14H10ClF3N4O4/c1-6-3-10(21(23)24)11(12(7(6)2)22(25)26)20-13-9(15)4-8(5-19-13)14(16,17)18/h3-5H,1-2H3,(H,19,20). The van der Waals surface area contributed by atoms with E-state index < -0.39 is 43.7 Å². The fraction of sp³-hybridized carbons (Fsp3) is 0.214. The van der Waals surface area contributed by atoms with E-state index in [1.165, 1.54) is 13.8 Å². The molecule has 0 amide bonds. The van der Waals surface area contributed by atoms with Gasteiger partial charge >= 0.3 is 11.9 Å². The van der Waals surface area contributed by atoms with Gasteiger partial charge in [-0.15, -0.1) is 0 Å². The molecular formula is C14H10ClF3N4O4. The van der Waals surface area contributed by atoms with Crippen molar-refractivity contribution >= 4 is 34.5 Å². The summed E-state index contributed by atoms with van der Waals surface area (Å²) >= 11 is 5.76. The number of aryl methyl sites for hydroxylation is 1. The summed E-state index contributed by atoms with van der Waals surface area (Å²) in [7, 11) is 0. The Hall–Kier alpha value is -2.95. The third-order valence-corrected chi connectivity index (χ3v) is 3.87. The highest BCUT2D eigenvalue weighted by atomic mass is 35.5. The summed E-state index contributed by atoms with van der Waals surface area (Å²) in [6.07, 6.45) is -4.22. The molecule has 1 aromatic heterocycles. The Labute approximate surface area is 148 Å². The molecule has 0 saturated heterocycles. The zero-order chi connectivity index (χ0) is 19.8. The van der Waals surface area contributed by atoms with Crippen molar-refractivity contribution in [3.8, 4) is 0 Å². The first-order valence-corrected chi connectivity index (χ1v) is 7.24. The molecule has 8 nitrogen and oxygen atoms in total. The average Bonchev–Trinajstić information content (AvgIpc) is 2.50. The number of pyridine rings is 1. The van der Waals surface area contributed by atoms with E-state index in [4.69, 9.17) is 11.6 Å². The van der Waals surface area contributed by atoms with Gasteiger partial charge in [-0.2, -0.15) is 13.2 Å². The zero-order valence-corrected chi connectivity index (χ0v) is 14.0. The van der Waals surface area contributed by atoms with Crippen molar-refractivity contribution in [1.82, 2.24) is 4.98 Å². The summed E-state index contributed by atoms with van der Waals surface area (Å²) in [5.41, 5.74) is -2.40. The molecule has 12 heteroatoms. The number of anilines is 2. The van der Waals surface area contributed by atoms with Gasteiger partial charge in [0.2, 0.25) is 0 Å². The molecule has 2 rings (SSSR count). The Bertz CT molecular complexity index is 918. The minimum atomic E-state index is -4.69. The van der Waals surface area contributed by atoms with Crippen molar-refractivity contribution in [2.45, 2.75) is 20.0 Å². The van der Waals surface area contributed by atoms with Crippen LogP contribution in [0.4, 0.5) is 36.1 Å². The van der Waals surface area contributed by atoms with Crippen LogP contribution in [0.25, 0.3) is 0 Å². The number of nitro benzene ring substituents is 2. The van der Waals surface area contributed by atoms with Crippen LogP contribution in [0.1, 0.15) is 16.7 Å². The molecule has 26 heavy (non-hydrogen) atoms. The van der Waals surface area contributed by atoms with Crippen LogP contribution >= 0.6 is 11.6 Å². The summed E-state index contributed by atoms with van der Waals surface area (Å²) < 4.78 is 38.0. The van der Waals surface area contributed by atoms with Crippen molar-refractivity contribution in [2.75, 3.05) is 5.32 Å². The van der Waals surface area contributed by atoms with E-state index in [-0.39, 0.29) is 11.4 Å². The number of nitro groups is 2. The lowest BCUT2D eigenvalue weighted by atomic mass is 10.0. The van der Waals surface area contributed by atoms with Gasteiger partial charge in [0.1, 0.15) is 5.82 Å². The molecule has 0 saturated carbocycles. The number of alkyl halides is 3. The molecule has 0 radical (unpaired) electrons. The maximum Gasteiger partial charge on any atom is 0.417 e. The molecule has 1 aromatic carbocycles. The first kappa shape index (κ1) is 19.4. The second-order valence-corrected chi connectivity index (χ2v) is 5.66. The monoisotopic (exact) mass is 390 g/mol. The van der Waals surface area contributed by atoms with E-state index in [1.807, 2.05) is 0 Å². The van der Waals surface area contributed by atoms with Crippen LogP contribution in [0.15, 0.2) is 18.3 Å². The van der Waals surface area contributed by atoms with Gasteiger partial charge in [-0.25, -0.2) is 4.98 Å². The van der Waals surface area contributed by atoms with E-state index in [0.29, 0.717) is 17.8 Å². The Morgan fingerprint density at radius 2 is 1.77 bits per heavy atom. The van der Waals surface area contributed by atoms with E-state index >= 15 is 0 Å². The van der Waals surface area contributed by atoms with Crippen LogP contribution in [-0.2, 0) is 6.18 Å². The van der Waals surface area contributed by atoms with E-state index in [2.05, 4.69) is 10.3 Å². The number of rotatable bonds is 4. The highest BCUT2D eigenvalue weighted by Gasteiger charge is 2.33. The van der Waals surface area contributed by atoms with Gasteiger partial charge in [0.15, 0.2) is 5.69 Å². The summed E-state index contributed by atoms with van der Waals surface area (Å²) in [5, 5.41) is 24.5. The Morgan fingerprint density at radius 3 is 2.23 bits per heavy atom. The highest BCUT2D eigenvalue weighted by Crippen LogP contribution is 2.42. The normalized spacial score (nSPS) is 11.3. The second-order valence-electron chi connectivity index (χ2n) is 5.25. The SMILES string of the molecule is Cc1cc([N+](=O)[O-])c(Nc2ncc(C(F)(F)F)cc2Cl)c([N+](=O)[O-])c1C. The molecule has 0 bridgehead atoms. The first-order valence-electron chi connectivity index (χ1n) is 6.86. The summed E-state index contributed by atoms with van der Waals surface area (Å²) in [5.74, 6) is -0.380. The number of halogens is 4. The smallest absolute Gasteiger partial charge is 0.328 e. The highest BCUT2D eigenvalue weighted by molar-refractivity contribution is 6.33. The lowest BCUT2D eigenvalue weighted by Gasteiger charge is -2.13. The molecule has 2 aromatic rings. The summed E-state index contributed by atoms with van der Waals surface area (Å²) in [4.78, 5) is 24.4. The molecule has 0 spiro atoms. The van der Waals surface area contributed by atoms with Gasteiger partial charge in [0.25, 0.3) is 5.69 Å². The molecule has 0 aliphatic rings. The van der Waals surface area contributed by atoms with Crippen molar-refractivity contribution in [3.63, 3.8) is 0 Å². The molecule has 0 unspecified atom stereocenters. The first-order chi connectivity index (χ1) is 11.9. The third-order valence-electron chi connectivity index (χ3n) is 3.58. The van der Waals surface area contributed by atoms with Gasteiger partial charge in [-0.1, -0.05) is 11.6 Å². The molecule has 0 aliphatic carbocycles. The Balaban J connectivity index is 2.64. The topological polar surface area (TPSA) is 111 Å². The Morgan fingerprint density at radius 1 is 1.15 bits per heavy atom. The van der Waals surface area contributed by atoms with Crippen molar-refractivity contribution < 1.29 is 23.0 Å². The van der Waals surface area contributed by atoms with Gasteiger partial charge in [0, 0.05) is 17.8 Å². The molecule has 1 N–H and O–H groups in total. The number of nitrogens with zero attached hydrogens (tertiary/aromatic N) is 3. The second kappa shape index (κ2) is 6.75. The van der Waals surface area contributed by atoms with Gasteiger partial charge < -0.3 is 5.32 Å². The van der Waals surface area contributed by atoms with Crippen LogP contribution in [0.5, 0.6) is 0 Å². The molecular weight excluding hydrogens is 381 g/mol. The predicted octanol–water partition coefficient (Wildman–Crippen LogP) is 4.93. The van der Waals surface area contributed by atoms with Crippen LogP contribution < -0.4 is 5.32 Å². The Kier molecular flexibility index (Phi) is 5.03. The quantitative estimate of drug-likeness (QED) is 0.585. The lowest BCUT2D eigenvalue weighted by Crippen LogP contribution is -2.08. The lowest BCUT2D eigenvalue weighted by molar-refractivity contribution is -0.392. The average molecular weight is 391 g/mol. The maximum atomic E-state index is 12.7. The van der Waals surface area contributed by atoms with Crippen molar-refractivity contribution in [1.29, 1.82) is 0 Å². The number of benzene rings is 1. The summed E-state index contributed by atoms with van der Waals surface area (Å²) in [6.45, 7) is 2.85. The van der Waals surface area contributed by atoms with Gasteiger partial charge in [0.05, 0.1) is 20.4 Å². The van der Waals surface area contributed by atoms with Crippen molar-refractivity contribution in [2.24, 2.45) is 0 Å². The van der Waals surface area contributed by atoms with Gasteiger partial charge in [-0.05, 0) is 25.5 Å². The molecule has 1 heterocycles. The fourth-order valence-electron chi connectivity index (χ4n) is 2.18. The van der Waals surface area contributed by atoms with Crippen LogP contribution in [-0.4, -0.2) is 14.8 Å². The number of aromatic nitrogens is 1. The van der Waals surface area contributed by atoms with Gasteiger partial charge in [-0.3, -0.25) is 20.2 Å². The van der Waals surface area contributed by atoms with E-state index in [0.717, 1.165) is 6.07 Å². The van der Waals surface area contributed by atoms with E-state index in [9.17, 15) is 33.4 Å². The van der Waals surface area contributed by atoms with Crippen LogP contribution in [0.2, 0.25) is 5.02 Å². The molecule has 138 valence electrons. The largest absolute Gasteiger partial charge is 0.417 e. The molecule has 0 atom stereocenters. The van der Waals surface area contributed by atoms with Crippen LogP contribution in [0.3, 0.4) is 0 Å². The van der Waals surface area contributed by atoms with Crippen molar-refractivity contribution in [3.05, 3.63) is 60.3 Å². The summed E-state index contributed by atoms with van der Waals surface area (Å²) in [6, 6.07) is 1.68. The maximum absolute atomic E-state index is 12.7. The fourth-order valence-corrected chi connectivity index (χ4v) is 2.39. The molecule has 0 aliphatic heterocycles. The number of hydrogen-bond acceptors (Lipinski definition) is 6. The number of hydrogen-bond donors (Lipinski definition) is 1. The minimum Gasteiger partial charge on any atom is -0.328 e. The third kappa shape index (κ3) is 3.67. The van der Waals surface area contributed by atoms with Crippen LogP contribution in [0, 0.1) is 34.1 Å². The zero-order valence-electron chi connectivity index (χ0n) is 13.2. The minimum absolute atomic E-state index is 0.158. The van der Waals surface area contributed by atoms with E-state index in [1.54, 1.807) is 0 Å². The molecule has 0 fully saturated rings. The predicted molar refractivity (Wildman–Crippen MR) is 86.8 cm³/mol. The number of nitrogens with one attached hydrogen (secondary N) is 1.